The standard InChI is InChI=1S/C16H26N2O2S/c1-6-10-18(7-2)21(19,20)16-9-8-14(5)15(11-16)12-17-13(3)4/h6,8-9,11,13,17H,1,7,10,12H2,2-5H3. The minimum Gasteiger partial charge on any atom is -0.310 e. The van der Waals surface area contributed by atoms with E-state index in [0.29, 0.717) is 30.6 Å². The molecule has 0 saturated carbocycles. The highest BCUT2D eigenvalue weighted by Crippen LogP contribution is 2.19. The van der Waals surface area contributed by atoms with Gasteiger partial charge < -0.3 is 5.32 Å². The lowest BCUT2D eigenvalue weighted by Gasteiger charge is -2.20. The zero-order chi connectivity index (χ0) is 16.0. The van der Waals surface area contributed by atoms with Gasteiger partial charge in [0.25, 0.3) is 0 Å². The highest BCUT2D eigenvalue weighted by Gasteiger charge is 2.22. The van der Waals surface area contributed by atoms with Gasteiger partial charge in [0.05, 0.1) is 4.90 Å². The van der Waals surface area contributed by atoms with Gasteiger partial charge in [-0.15, -0.1) is 6.58 Å². The monoisotopic (exact) mass is 310 g/mol. The Morgan fingerprint density at radius 2 is 2.05 bits per heavy atom. The summed E-state index contributed by atoms with van der Waals surface area (Å²) in [5.74, 6) is 0. The molecule has 0 aliphatic heterocycles. The number of nitrogens with one attached hydrogen (secondary N) is 1. The van der Waals surface area contributed by atoms with Crippen LogP contribution in [0.25, 0.3) is 0 Å². The predicted molar refractivity (Wildman–Crippen MR) is 87.8 cm³/mol. The van der Waals surface area contributed by atoms with Gasteiger partial charge in [0.1, 0.15) is 0 Å². The summed E-state index contributed by atoms with van der Waals surface area (Å²) in [5.41, 5.74) is 2.10. The van der Waals surface area contributed by atoms with Gasteiger partial charge in [0.2, 0.25) is 10.0 Å². The highest BCUT2D eigenvalue weighted by atomic mass is 32.2. The molecule has 4 nitrogen and oxygen atoms in total. The summed E-state index contributed by atoms with van der Waals surface area (Å²) in [4.78, 5) is 0.345. The first-order valence-electron chi connectivity index (χ1n) is 7.26. The molecule has 1 N–H and O–H groups in total. The van der Waals surface area contributed by atoms with Crippen LogP contribution < -0.4 is 5.32 Å². The van der Waals surface area contributed by atoms with Gasteiger partial charge in [-0.25, -0.2) is 8.42 Å². The van der Waals surface area contributed by atoms with Crippen molar-refractivity contribution in [1.82, 2.24) is 9.62 Å². The van der Waals surface area contributed by atoms with Crippen molar-refractivity contribution in [2.75, 3.05) is 13.1 Å². The number of rotatable bonds is 8. The zero-order valence-electron chi connectivity index (χ0n) is 13.4. The van der Waals surface area contributed by atoms with Gasteiger partial charge in [-0.2, -0.15) is 4.31 Å². The summed E-state index contributed by atoms with van der Waals surface area (Å²) in [7, 11) is -3.46. The first-order chi connectivity index (χ1) is 9.82. The molecular weight excluding hydrogens is 284 g/mol. The summed E-state index contributed by atoms with van der Waals surface area (Å²) < 4.78 is 26.6. The third-order valence-electron chi connectivity index (χ3n) is 3.34. The molecule has 1 aromatic rings. The number of aryl methyl sites for hydroxylation is 1. The number of sulfonamides is 1. The largest absolute Gasteiger partial charge is 0.310 e. The van der Waals surface area contributed by atoms with Crippen LogP contribution in [0.3, 0.4) is 0 Å². The van der Waals surface area contributed by atoms with E-state index in [1.165, 1.54) is 4.31 Å². The Morgan fingerprint density at radius 3 is 2.57 bits per heavy atom. The van der Waals surface area contributed by atoms with Crippen LogP contribution in [0.4, 0.5) is 0 Å². The van der Waals surface area contributed by atoms with Crippen LogP contribution in [0.1, 0.15) is 31.9 Å². The van der Waals surface area contributed by atoms with E-state index in [-0.39, 0.29) is 0 Å². The van der Waals surface area contributed by atoms with Crippen molar-refractivity contribution >= 4 is 10.0 Å². The lowest BCUT2D eigenvalue weighted by molar-refractivity contribution is 0.459. The van der Waals surface area contributed by atoms with Crippen LogP contribution in [-0.2, 0) is 16.6 Å². The Bertz CT molecular complexity index is 580. The minimum atomic E-state index is -3.46. The van der Waals surface area contributed by atoms with E-state index < -0.39 is 10.0 Å². The minimum absolute atomic E-state index is 0.326. The smallest absolute Gasteiger partial charge is 0.243 e. The highest BCUT2D eigenvalue weighted by molar-refractivity contribution is 7.89. The number of hydrogen-bond donors (Lipinski definition) is 1. The molecule has 1 rings (SSSR count). The van der Waals surface area contributed by atoms with E-state index in [1.54, 1.807) is 18.2 Å². The van der Waals surface area contributed by atoms with E-state index >= 15 is 0 Å². The first kappa shape index (κ1) is 17.9. The van der Waals surface area contributed by atoms with Gasteiger partial charge in [-0.1, -0.05) is 32.9 Å². The lowest BCUT2D eigenvalue weighted by atomic mass is 10.1. The number of benzene rings is 1. The van der Waals surface area contributed by atoms with Crippen molar-refractivity contribution in [3.05, 3.63) is 42.0 Å². The fraction of sp³-hybridized carbons (Fsp3) is 0.500. The fourth-order valence-corrected chi connectivity index (χ4v) is 3.47. The van der Waals surface area contributed by atoms with E-state index in [4.69, 9.17) is 0 Å². The topological polar surface area (TPSA) is 49.4 Å². The Labute approximate surface area is 128 Å². The van der Waals surface area contributed by atoms with Gasteiger partial charge >= 0.3 is 0 Å². The predicted octanol–water partition coefficient (Wildman–Crippen LogP) is 2.69. The maximum atomic E-state index is 12.6. The molecule has 21 heavy (non-hydrogen) atoms. The summed E-state index contributed by atoms with van der Waals surface area (Å²) in [6, 6.07) is 5.67. The third kappa shape index (κ3) is 4.66. The van der Waals surface area contributed by atoms with Crippen LogP contribution in [0.5, 0.6) is 0 Å². The van der Waals surface area contributed by atoms with E-state index in [0.717, 1.165) is 11.1 Å². The maximum Gasteiger partial charge on any atom is 0.243 e. The molecule has 0 aromatic heterocycles. The Hall–Kier alpha value is -1.17. The fourth-order valence-electron chi connectivity index (χ4n) is 2.00. The van der Waals surface area contributed by atoms with Crippen LogP contribution in [0.2, 0.25) is 0 Å². The molecule has 0 atom stereocenters. The molecule has 118 valence electrons. The van der Waals surface area contributed by atoms with Crippen LogP contribution >= 0.6 is 0 Å². The van der Waals surface area contributed by atoms with Crippen molar-refractivity contribution in [3.8, 4) is 0 Å². The second kappa shape index (κ2) is 7.73. The average Bonchev–Trinajstić information content (AvgIpc) is 2.43. The summed E-state index contributed by atoms with van der Waals surface area (Å²) >= 11 is 0. The maximum absolute atomic E-state index is 12.6. The van der Waals surface area contributed by atoms with Crippen LogP contribution in [0.15, 0.2) is 35.7 Å². The number of nitrogens with zero attached hydrogens (tertiary/aromatic N) is 1. The van der Waals surface area contributed by atoms with E-state index in [1.807, 2.05) is 19.9 Å². The van der Waals surface area contributed by atoms with Crippen LogP contribution in [-0.4, -0.2) is 31.9 Å². The molecule has 0 fully saturated rings. The molecular formula is C16H26N2O2S. The number of hydrogen-bond acceptors (Lipinski definition) is 3. The van der Waals surface area contributed by atoms with Crippen molar-refractivity contribution in [3.63, 3.8) is 0 Å². The average molecular weight is 310 g/mol. The lowest BCUT2D eigenvalue weighted by Crippen LogP contribution is -2.31. The summed E-state index contributed by atoms with van der Waals surface area (Å²) in [5, 5.41) is 3.33. The summed E-state index contributed by atoms with van der Waals surface area (Å²) in [6.45, 7) is 13.0. The Kier molecular flexibility index (Phi) is 6.58. The first-order valence-corrected chi connectivity index (χ1v) is 8.70. The molecule has 0 bridgehead atoms. The SMILES string of the molecule is C=CCN(CC)S(=O)(=O)c1ccc(C)c(CNC(C)C)c1. The summed E-state index contributed by atoms with van der Waals surface area (Å²) in [6.07, 6.45) is 1.61. The Balaban J connectivity index is 3.12. The van der Waals surface area contributed by atoms with E-state index in [9.17, 15) is 8.42 Å². The molecule has 5 heteroatoms. The van der Waals surface area contributed by atoms with E-state index in [2.05, 4.69) is 25.7 Å². The zero-order valence-corrected chi connectivity index (χ0v) is 14.2. The quantitative estimate of drug-likeness (QED) is 0.751. The van der Waals surface area contributed by atoms with Gasteiger partial charge in [-0.05, 0) is 30.2 Å². The van der Waals surface area contributed by atoms with Gasteiger partial charge in [-0.3, -0.25) is 0 Å². The van der Waals surface area contributed by atoms with Crippen molar-refractivity contribution in [2.45, 2.75) is 45.2 Å². The normalized spacial score (nSPS) is 12.1. The van der Waals surface area contributed by atoms with Gasteiger partial charge in [0.15, 0.2) is 0 Å². The Morgan fingerprint density at radius 1 is 1.38 bits per heavy atom. The second-order valence-corrected chi connectivity index (χ2v) is 7.31. The molecule has 0 amide bonds. The second-order valence-electron chi connectivity index (χ2n) is 5.37. The van der Waals surface area contributed by atoms with Crippen molar-refractivity contribution in [2.24, 2.45) is 0 Å². The molecule has 0 unspecified atom stereocenters. The molecule has 0 saturated heterocycles. The van der Waals surface area contributed by atoms with Crippen molar-refractivity contribution in [1.29, 1.82) is 0 Å². The molecule has 0 aliphatic carbocycles. The molecule has 0 spiro atoms. The molecule has 0 radical (unpaired) electrons. The number of likely N-dealkylation sites (N-methyl/N-ethyl adjacent to an activating group) is 1. The van der Waals surface area contributed by atoms with Crippen LogP contribution in [0, 0.1) is 6.92 Å². The molecule has 0 heterocycles. The third-order valence-corrected chi connectivity index (χ3v) is 5.28. The molecule has 0 aliphatic rings. The van der Waals surface area contributed by atoms with Crippen molar-refractivity contribution < 1.29 is 8.42 Å². The molecule has 1 aromatic carbocycles. The van der Waals surface area contributed by atoms with Gasteiger partial charge in [0, 0.05) is 25.7 Å².